The first kappa shape index (κ1) is 21.0. The molecule has 0 aliphatic heterocycles. The largest absolute Gasteiger partial charge is 0.451 e. The number of esters is 1. The van der Waals surface area contributed by atoms with Gasteiger partial charge in [-0.25, -0.2) is 9.78 Å². The van der Waals surface area contributed by atoms with E-state index in [4.69, 9.17) is 16.3 Å². The second-order valence-electron chi connectivity index (χ2n) is 6.54. The zero-order valence-electron chi connectivity index (χ0n) is 16.2. The van der Waals surface area contributed by atoms with Crippen molar-refractivity contribution in [1.82, 2.24) is 9.88 Å². The van der Waals surface area contributed by atoms with E-state index in [9.17, 15) is 9.59 Å². The first-order valence-electron chi connectivity index (χ1n) is 9.16. The van der Waals surface area contributed by atoms with Gasteiger partial charge in [-0.2, -0.15) is 0 Å². The van der Waals surface area contributed by atoms with Crippen LogP contribution in [-0.2, 0) is 22.5 Å². The molecule has 0 spiro atoms. The monoisotopic (exact) mass is 428 g/mol. The highest BCUT2D eigenvalue weighted by molar-refractivity contribution is 7.13. The number of hydrogen-bond acceptors (Lipinski definition) is 5. The number of benzene rings is 2. The van der Waals surface area contributed by atoms with E-state index < -0.39 is 5.97 Å². The summed E-state index contributed by atoms with van der Waals surface area (Å²) in [5.74, 6) is -0.911. The standard InChI is InChI=1S/C22H21ClN2O3S/c1-3-15-7-9-17(10-8-15)21-24-19(14-29-21)22(27)28-13-20(26)25(2)12-16-5-4-6-18(23)11-16/h4-11,14H,3,12-13H2,1-2H3. The highest BCUT2D eigenvalue weighted by atomic mass is 35.5. The third kappa shape index (κ3) is 5.65. The van der Waals surface area contributed by atoms with Crippen molar-refractivity contribution in [2.24, 2.45) is 0 Å². The molecule has 2 aromatic carbocycles. The van der Waals surface area contributed by atoms with Crippen LogP contribution in [0.4, 0.5) is 0 Å². The van der Waals surface area contributed by atoms with Gasteiger partial charge in [0.25, 0.3) is 5.91 Å². The minimum absolute atomic E-state index is 0.204. The van der Waals surface area contributed by atoms with Gasteiger partial charge in [0.15, 0.2) is 12.3 Å². The van der Waals surface area contributed by atoms with E-state index >= 15 is 0 Å². The fourth-order valence-electron chi connectivity index (χ4n) is 2.69. The molecule has 3 rings (SSSR count). The summed E-state index contributed by atoms with van der Waals surface area (Å²) in [6, 6.07) is 15.3. The molecular formula is C22H21ClN2O3S. The molecule has 1 amide bonds. The van der Waals surface area contributed by atoms with Crippen molar-refractivity contribution < 1.29 is 14.3 Å². The highest BCUT2D eigenvalue weighted by Crippen LogP contribution is 2.24. The van der Waals surface area contributed by atoms with Crippen molar-refractivity contribution in [2.45, 2.75) is 19.9 Å². The van der Waals surface area contributed by atoms with Crippen LogP contribution < -0.4 is 0 Å². The number of aromatic nitrogens is 1. The molecule has 5 nitrogen and oxygen atoms in total. The van der Waals surface area contributed by atoms with Crippen LogP contribution in [0, 0.1) is 0 Å². The van der Waals surface area contributed by atoms with E-state index in [1.165, 1.54) is 21.8 Å². The van der Waals surface area contributed by atoms with E-state index in [2.05, 4.69) is 11.9 Å². The Morgan fingerprint density at radius 1 is 1.14 bits per heavy atom. The second-order valence-corrected chi connectivity index (χ2v) is 7.84. The molecule has 0 unspecified atom stereocenters. The van der Waals surface area contributed by atoms with Crippen LogP contribution in [0.3, 0.4) is 0 Å². The minimum atomic E-state index is -0.609. The Balaban J connectivity index is 1.54. The molecule has 3 aromatic rings. The van der Waals surface area contributed by atoms with Crippen molar-refractivity contribution in [3.05, 3.63) is 75.8 Å². The number of rotatable bonds is 7. The second kappa shape index (κ2) is 9.67. The molecule has 1 heterocycles. The van der Waals surface area contributed by atoms with E-state index in [1.54, 1.807) is 24.6 Å². The molecular weight excluding hydrogens is 408 g/mol. The number of likely N-dealkylation sites (N-methyl/N-ethyl adjacent to an activating group) is 1. The van der Waals surface area contributed by atoms with Crippen molar-refractivity contribution in [1.29, 1.82) is 0 Å². The Morgan fingerprint density at radius 2 is 1.90 bits per heavy atom. The minimum Gasteiger partial charge on any atom is -0.451 e. The highest BCUT2D eigenvalue weighted by Gasteiger charge is 2.17. The van der Waals surface area contributed by atoms with Gasteiger partial charge in [-0.05, 0) is 29.7 Å². The Bertz CT molecular complexity index is 1000. The Labute approximate surface area is 178 Å². The van der Waals surface area contributed by atoms with Gasteiger partial charge in [-0.1, -0.05) is 54.9 Å². The van der Waals surface area contributed by atoms with Crippen molar-refractivity contribution in [2.75, 3.05) is 13.7 Å². The number of amides is 1. The zero-order chi connectivity index (χ0) is 20.8. The number of carbonyl (C=O) groups excluding carboxylic acids is 2. The number of halogens is 1. The van der Waals surface area contributed by atoms with Crippen LogP contribution in [0.25, 0.3) is 10.6 Å². The van der Waals surface area contributed by atoms with Gasteiger partial charge in [0.1, 0.15) is 5.01 Å². The predicted octanol–water partition coefficient (Wildman–Crippen LogP) is 4.84. The van der Waals surface area contributed by atoms with Gasteiger partial charge in [-0.3, -0.25) is 4.79 Å². The van der Waals surface area contributed by atoms with Crippen LogP contribution in [0.15, 0.2) is 53.9 Å². The molecule has 0 aliphatic carbocycles. The summed E-state index contributed by atoms with van der Waals surface area (Å²) in [6.45, 7) is 2.14. The van der Waals surface area contributed by atoms with E-state index in [-0.39, 0.29) is 18.2 Å². The SMILES string of the molecule is CCc1ccc(-c2nc(C(=O)OCC(=O)N(C)Cc3cccc(Cl)c3)cs2)cc1. The molecule has 29 heavy (non-hydrogen) atoms. The van der Waals surface area contributed by atoms with Crippen LogP contribution in [-0.4, -0.2) is 35.4 Å². The molecule has 0 aliphatic rings. The summed E-state index contributed by atoms with van der Waals surface area (Å²) in [5.41, 5.74) is 3.29. The molecule has 0 fully saturated rings. The fraction of sp³-hybridized carbons (Fsp3) is 0.227. The molecule has 0 saturated carbocycles. The lowest BCUT2D eigenvalue weighted by Crippen LogP contribution is -2.30. The third-order valence-electron chi connectivity index (χ3n) is 4.38. The Morgan fingerprint density at radius 3 is 2.59 bits per heavy atom. The van der Waals surface area contributed by atoms with Crippen LogP contribution in [0.5, 0.6) is 0 Å². The van der Waals surface area contributed by atoms with Gasteiger partial charge >= 0.3 is 5.97 Å². The summed E-state index contributed by atoms with van der Waals surface area (Å²) >= 11 is 7.33. The van der Waals surface area contributed by atoms with E-state index in [0.717, 1.165) is 22.6 Å². The summed E-state index contributed by atoms with van der Waals surface area (Å²) < 4.78 is 5.15. The number of hydrogen-bond donors (Lipinski definition) is 0. The number of aryl methyl sites for hydroxylation is 1. The maximum atomic E-state index is 12.3. The quantitative estimate of drug-likeness (QED) is 0.505. The Hall–Kier alpha value is -2.70. The molecule has 7 heteroatoms. The first-order valence-corrected chi connectivity index (χ1v) is 10.4. The van der Waals surface area contributed by atoms with Crippen molar-refractivity contribution in [3.63, 3.8) is 0 Å². The number of thiazole rings is 1. The van der Waals surface area contributed by atoms with Gasteiger partial charge < -0.3 is 9.64 Å². The normalized spacial score (nSPS) is 10.6. The van der Waals surface area contributed by atoms with Gasteiger partial charge in [0.2, 0.25) is 0 Å². The molecule has 0 N–H and O–H groups in total. The number of ether oxygens (including phenoxy) is 1. The lowest BCUT2D eigenvalue weighted by atomic mass is 10.1. The maximum absolute atomic E-state index is 12.3. The maximum Gasteiger partial charge on any atom is 0.358 e. The Kier molecular flexibility index (Phi) is 7.01. The average molecular weight is 429 g/mol. The summed E-state index contributed by atoms with van der Waals surface area (Å²) in [6.07, 6.45) is 0.968. The van der Waals surface area contributed by atoms with Crippen LogP contribution >= 0.6 is 22.9 Å². The van der Waals surface area contributed by atoms with E-state index in [0.29, 0.717) is 11.6 Å². The van der Waals surface area contributed by atoms with Crippen molar-refractivity contribution in [3.8, 4) is 10.6 Å². The molecule has 0 atom stereocenters. The van der Waals surface area contributed by atoms with Gasteiger partial charge in [0, 0.05) is 29.6 Å². The van der Waals surface area contributed by atoms with Crippen molar-refractivity contribution >= 4 is 34.8 Å². The van der Waals surface area contributed by atoms with Gasteiger partial charge in [0.05, 0.1) is 0 Å². The van der Waals surface area contributed by atoms with Gasteiger partial charge in [-0.15, -0.1) is 11.3 Å². The molecule has 150 valence electrons. The third-order valence-corrected chi connectivity index (χ3v) is 5.51. The average Bonchev–Trinajstić information content (AvgIpc) is 3.22. The predicted molar refractivity (Wildman–Crippen MR) is 115 cm³/mol. The molecule has 0 bridgehead atoms. The number of carbonyl (C=O) groups is 2. The molecule has 0 saturated heterocycles. The lowest BCUT2D eigenvalue weighted by molar-refractivity contribution is -0.133. The number of nitrogens with zero attached hydrogens (tertiary/aromatic N) is 2. The summed E-state index contributed by atoms with van der Waals surface area (Å²) in [5, 5.41) is 2.99. The fourth-order valence-corrected chi connectivity index (χ4v) is 3.70. The summed E-state index contributed by atoms with van der Waals surface area (Å²) in [7, 11) is 1.65. The lowest BCUT2D eigenvalue weighted by Gasteiger charge is -2.17. The van der Waals surface area contributed by atoms with Crippen LogP contribution in [0.2, 0.25) is 5.02 Å². The molecule has 0 radical (unpaired) electrons. The topological polar surface area (TPSA) is 59.5 Å². The smallest absolute Gasteiger partial charge is 0.358 e. The van der Waals surface area contributed by atoms with E-state index in [1.807, 2.05) is 36.4 Å². The zero-order valence-corrected chi connectivity index (χ0v) is 17.8. The first-order chi connectivity index (χ1) is 14.0. The molecule has 1 aromatic heterocycles. The summed E-state index contributed by atoms with van der Waals surface area (Å²) in [4.78, 5) is 30.3. The van der Waals surface area contributed by atoms with Crippen LogP contribution in [0.1, 0.15) is 28.5 Å².